The van der Waals surface area contributed by atoms with Crippen LogP contribution in [0.1, 0.15) is 13.8 Å². The number of hydrogen-bond acceptors (Lipinski definition) is 5. The minimum atomic E-state index is -0.296. The van der Waals surface area contributed by atoms with E-state index < -0.39 is 0 Å². The van der Waals surface area contributed by atoms with Crippen LogP contribution in [-0.4, -0.2) is 50.4 Å². The van der Waals surface area contributed by atoms with Crippen molar-refractivity contribution in [3.05, 3.63) is 0 Å². The third kappa shape index (κ3) is 10.0. The summed E-state index contributed by atoms with van der Waals surface area (Å²) in [4.78, 5) is 10.9. The van der Waals surface area contributed by atoms with Gasteiger partial charge in [0, 0.05) is 18.3 Å². The van der Waals surface area contributed by atoms with Crippen molar-refractivity contribution in [3.8, 4) is 0 Å². The Balaban J connectivity index is 3.14. The summed E-state index contributed by atoms with van der Waals surface area (Å²) in [6, 6.07) is 0. The number of ether oxygens (including phenoxy) is 2. The Labute approximate surface area is 96.1 Å². The fourth-order valence-electron chi connectivity index (χ4n) is 0.891. The van der Waals surface area contributed by atoms with Gasteiger partial charge >= 0.3 is 5.97 Å². The number of carbonyl (C=O) groups is 1. The molecule has 0 heterocycles. The molecule has 15 heavy (non-hydrogen) atoms. The zero-order chi connectivity index (χ0) is 11.5. The lowest BCUT2D eigenvalue weighted by Crippen LogP contribution is -2.27. The van der Waals surface area contributed by atoms with Crippen molar-refractivity contribution in [1.82, 2.24) is 5.32 Å². The molecular formula is C10H21NO3S. The van der Waals surface area contributed by atoms with Crippen LogP contribution in [0.3, 0.4) is 0 Å². The summed E-state index contributed by atoms with van der Waals surface area (Å²) in [5.74, 6) is -0.296. The van der Waals surface area contributed by atoms with Crippen molar-refractivity contribution in [2.45, 2.75) is 19.1 Å². The van der Waals surface area contributed by atoms with E-state index >= 15 is 0 Å². The van der Waals surface area contributed by atoms with Crippen LogP contribution in [0.4, 0.5) is 0 Å². The van der Waals surface area contributed by atoms with Crippen LogP contribution < -0.4 is 5.32 Å². The number of carbonyl (C=O) groups excluding carboxylic acids is 1. The van der Waals surface area contributed by atoms with E-state index in [1.54, 1.807) is 6.92 Å². The van der Waals surface area contributed by atoms with Crippen molar-refractivity contribution in [2.75, 3.05) is 39.2 Å². The molecular weight excluding hydrogens is 214 g/mol. The fraction of sp³-hybridized carbons (Fsp3) is 0.900. The minimum absolute atomic E-state index is 0.0492. The predicted octanol–water partition coefficient (Wildman–Crippen LogP) is 0.907. The normalized spacial score (nSPS) is 12.5. The minimum Gasteiger partial charge on any atom is -0.464 e. The molecule has 0 fully saturated rings. The maximum absolute atomic E-state index is 10.9. The molecule has 0 saturated heterocycles. The van der Waals surface area contributed by atoms with Gasteiger partial charge < -0.3 is 14.8 Å². The van der Waals surface area contributed by atoms with Crippen molar-refractivity contribution in [1.29, 1.82) is 0 Å². The van der Waals surface area contributed by atoms with E-state index in [0.29, 0.717) is 18.5 Å². The van der Waals surface area contributed by atoms with Crippen molar-refractivity contribution >= 4 is 17.7 Å². The fourth-order valence-corrected chi connectivity index (χ4v) is 1.18. The highest BCUT2D eigenvalue weighted by molar-refractivity contribution is 7.99. The number of esters is 1. The monoisotopic (exact) mass is 235 g/mol. The van der Waals surface area contributed by atoms with Gasteiger partial charge in [-0.05, 0) is 13.2 Å². The van der Waals surface area contributed by atoms with Gasteiger partial charge in [0.25, 0.3) is 0 Å². The molecule has 0 bridgehead atoms. The van der Waals surface area contributed by atoms with Crippen LogP contribution in [0.5, 0.6) is 0 Å². The molecule has 0 aliphatic carbocycles. The van der Waals surface area contributed by atoms with Gasteiger partial charge in [0.1, 0.15) is 6.61 Å². The summed E-state index contributed by atoms with van der Waals surface area (Å²) in [7, 11) is 0. The van der Waals surface area contributed by atoms with Crippen LogP contribution in [-0.2, 0) is 14.3 Å². The summed E-state index contributed by atoms with van der Waals surface area (Å²) >= 11 is 1.82. The molecule has 0 aromatic heterocycles. The highest BCUT2D eigenvalue weighted by atomic mass is 32.2. The van der Waals surface area contributed by atoms with E-state index in [-0.39, 0.29) is 12.6 Å². The molecule has 0 aliphatic heterocycles. The van der Waals surface area contributed by atoms with Crippen LogP contribution in [0.25, 0.3) is 0 Å². The van der Waals surface area contributed by atoms with E-state index in [2.05, 4.69) is 18.5 Å². The van der Waals surface area contributed by atoms with Crippen molar-refractivity contribution in [2.24, 2.45) is 0 Å². The van der Waals surface area contributed by atoms with Crippen LogP contribution >= 0.6 is 11.8 Å². The average Bonchev–Trinajstić information content (AvgIpc) is 2.23. The first-order valence-electron chi connectivity index (χ1n) is 5.17. The highest BCUT2D eigenvalue weighted by Crippen LogP contribution is 2.01. The predicted molar refractivity (Wildman–Crippen MR) is 63.3 cm³/mol. The Hall–Kier alpha value is -0.260. The molecule has 0 aromatic carbocycles. The topological polar surface area (TPSA) is 47.6 Å². The third-order valence-corrected chi connectivity index (χ3v) is 2.75. The Morgan fingerprint density at radius 3 is 2.87 bits per heavy atom. The first-order valence-corrected chi connectivity index (χ1v) is 6.46. The van der Waals surface area contributed by atoms with Gasteiger partial charge in [0.2, 0.25) is 0 Å². The highest BCUT2D eigenvalue weighted by Gasteiger charge is 2.01. The molecule has 0 radical (unpaired) electrons. The van der Waals surface area contributed by atoms with E-state index in [1.165, 1.54) is 0 Å². The lowest BCUT2D eigenvalue weighted by atomic mass is 10.4. The molecule has 0 aliphatic rings. The van der Waals surface area contributed by atoms with Gasteiger partial charge in [0.15, 0.2) is 0 Å². The van der Waals surface area contributed by atoms with Gasteiger partial charge in [0.05, 0.1) is 13.2 Å². The molecule has 0 amide bonds. The van der Waals surface area contributed by atoms with Crippen molar-refractivity contribution in [3.63, 3.8) is 0 Å². The van der Waals surface area contributed by atoms with Crippen LogP contribution in [0.15, 0.2) is 0 Å². The smallest absolute Gasteiger partial charge is 0.332 e. The number of thioether (sulfide) groups is 1. The number of hydrogen-bond donors (Lipinski definition) is 1. The van der Waals surface area contributed by atoms with Gasteiger partial charge in [-0.1, -0.05) is 6.92 Å². The standard InChI is InChI=1S/C10H21NO3S/c1-4-14-10(12)8-13-6-5-11-7-9(2)15-3/h9,11H,4-8H2,1-3H3. The summed E-state index contributed by atoms with van der Waals surface area (Å²) < 4.78 is 9.84. The Kier molecular flexibility index (Phi) is 10.1. The van der Waals surface area contributed by atoms with E-state index in [4.69, 9.17) is 9.47 Å². The first-order chi connectivity index (χ1) is 7.20. The largest absolute Gasteiger partial charge is 0.464 e. The molecule has 0 aromatic rings. The molecule has 0 spiro atoms. The third-order valence-electron chi connectivity index (χ3n) is 1.78. The SMILES string of the molecule is CCOC(=O)COCCNCC(C)SC. The maximum Gasteiger partial charge on any atom is 0.332 e. The van der Waals surface area contributed by atoms with Crippen LogP contribution in [0, 0.1) is 0 Å². The molecule has 90 valence electrons. The van der Waals surface area contributed by atoms with Gasteiger partial charge in [-0.2, -0.15) is 11.8 Å². The first kappa shape index (κ1) is 14.7. The Morgan fingerprint density at radius 2 is 2.27 bits per heavy atom. The Bertz CT molecular complexity index is 167. The van der Waals surface area contributed by atoms with Gasteiger partial charge in [-0.25, -0.2) is 4.79 Å². The average molecular weight is 235 g/mol. The molecule has 1 N–H and O–H groups in total. The van der Waals surface area contributed by atoms with Crippen LogP contribution in [0.2, 0.25) is 0 Å². The van der Waals surface area contributed by atoms with E-state index in [0.717, 1.165) is 13.1 Å². The summed E-state index contributed by atoms with van der Waals surface area (Å²) in [6.07, 6.45) is 2.09. The zero-order valence-corrected chi connectivity index (χ0v) is 10.6. The maximum atomic E-state index is 10.9. The number of nitrogens with one attached hydrogen (secondary N) is 1. The second-order valence-corrected chi connectivity index (χ2v) is 4.38. The number of rotatable bonds is 9. The molecule has 5 heteroatoms. The van der Waals surface area contributed by atoms with E-state index in [9.17, 15) is 4.79 Å². The molecule has 1 atom stereocenters. The molecule has 0 rings (SSSR count). The Morgan fingerprint density at radius 1 is 1.53 bits per heavy atom. The molecule has 1 unspecified atom stereocenters. The summed E-state index contributed by atoms with van der Waals surface area (Å²) in [5.41, 5.74) is 0. The van der Waals surface area contributed by atoms with E-state index in [1.807, 2.05) is 11.8 Å². The van der Waals surface area contributed by atoms with Gasteiger partial charge in [-0.15, -0.1) is 0 Å². The summed E-state index contributed by atoms with van der Waals surface area (Å²) in [5, 5.41) is 3.85. The van der Waals surface area contributed by atoms with Crippen molar-refractivity contribution < 1.29 is 14.3 Å². The second kappa shape index (κ2) is 10.3. The quantitative estimate of drug-likeness (QED) is 0.475. The van der Waals surface area contributed by atoms with Gasteiger partial charge in [-0.3, -0.25) is 0 Å². The molecule has 0 saturated carbocycles. The second-order valence-electron chi connectivity index (χ2n) is 3.11. The lowest BCUT2D eigenvalue weighted by Gasteiger charge is -2.09. The lowest BCUT2D eigenvalue weighted by molar-refractivity contribution is -0.148. The summed E-state index contributed by atoms with van der Waals surface area (Å²) in [6.45, 7) is 6.67. The molecule has 4 nitrogen and oxygen atoms in total. The zero-order valence-electron chi connectivity index (χ0n) is 9.75.